The van der Waals surface area contributed by atoms with Gasteiger partial charge in [0.15, 0.2) is 5.78 Å². The van der Waals surface area contributed by atoms with E-state index in [1.54, 1.807) is 39.7 Å². The number of amides is 1. The van der Waals surface area contributed by atoms with E-state index in [2.05, 4.69) is 10.2 Å². The molecule has 1 atom stereocenters. The van der Waals surface area contributed by atoms with Gasteiger partial charge in [-0.25, -0.2) is 4.98 Å². The number of ketones is 1. The molecule has 1 amide bonds. The van der Waals surface area contributed by atoms with E-state index in [1.807, 2.05) is 54.1 Å². The van der Waals surface area contributed by atoms with E-state index in [0.29, 0.717) is 17.1 Å². The number of carbonyl (C=O) groups excluding carboxylic acids is 2. The number of thiophene rings is 2. The Labute approximate surface area is 203 Å². The number of Topliss-reactive ketones (excluding diaryl/α,β-unsaturated/α-hetero) is 1. The van der Waals surface area contributed by atoms with Gasteiger partial charge in [0, 0.05) is 24.2 Å². The summed E-state index contributed by atoms with van der Waals surface area (Å²) in [6, 6.07) is 15.3. The molecule has 3 aromatic heterocycles. The van der Waals surface area contributed by atoms with Gasteiger partial charge in [0.1, 0.15) is 11.4 Å². The predicted molar refractivity (Wildman–Crippen MR) is 134 cm³/mol. The van der Waals surface area contributed by atoms with Gasteiger partial charge in [-0.1, -0.05) is 23.9 Å². The van der Waals surface area contributed by atoms with Gasteiger partial charge < -0.3 is 4.90 Å². The minimum Gasteiger partial charge on any atom is -0.312 e. The number of hydrogen-bond acceptors (Lipinski definition) is 8. The minimum absolute atomic E-state index is 0.0112. The highest BCUT2D eigenvalue weighted by Crippen LogP contribution is 2.35. The molecule has 0 radical (unpaired) electrons. The van der Waals surface area contributed by atoms with Crippen molar-refractivity contribution in [3.8, 4) is 21.1 Å². The van der Waals surface area contributed by atoms with Crippen molar-refractivity contribution < 1.29 is 9.59 Å². The van der Waals surface area contributed by atoms with E-state index < -0.39 is 0 Å². The molecule has 1 aliphatic heterocycles. The zero-order valence-electron chi connectivity index (χ0n) is 17.8. The molecule has 4 aromatic rings. The molecule has 0 aliphatic carbocycles. The topological polar surface area (TPSA) is 76.1 Å². The van der Waals surface area contributed by atoms with Gasteiger partial charge in [-0.3, -0.25) is 9.59 Å². The summed E-state index contributed by atoms with van der Waals surface area (Å²) >= 11 is 4.50. The zero-order chi connectivity index (χ0) is 22.8. The molecule has 0 saturated carbocycles. The summed E-state index contributed by atoms with van der Waals surface area (Å²) < 4.78 is 0. The predicted octanol–water partition coefficient (Wildman–Crippen LogP) is 5.82. The lowest BCUT2D eigenvalue weighted by Crippen LogP contribution is -2.23. The smallest absolute Gasteiger partial charge is 0.227 e. The van der Waals surface area contributed by atoms with Crippen LogP contribution in [0.4, 0.5) is 5.69 Å². The summed E-state index contributed by atoms with van der Waals surface area (Å²) in [5.74, 6) is 0.123. The second-order valence-corrected chi connectivity index (χ2v) is 10.8. The molecule has 0 bridgehead atoms. The molecule has 4 heterocycles. The first-order chi connectivity index (χ1) is 16.1. The van der Waals surface area contributed by atoms with Crippen molar-refractivity contribution in [2.75, 3.05) is 11.4 Å². The number of benzene rings is 1. The number of carbonyl (C=O) groups is 2. The van der Waals surface area contributed by atoms with Crippen molar-refractivity contribution in [3.63, 3.8) is 0 Å². The molecule has 0 N–H and O–H groups in total. The first-order valence-electron chi connectivity index (χ1n) is 10.5. The summed E-state index contributed by atoms with van der Waals surface area (Å²) in [5, 5.41) is 12.9. The Balaban J connectivity index is 1.35. The summed E-state index contributed by atoms with van der Waals surface area (Å²) in [5.41, 5.74) is 2.98. The van der Waals surface area contributed by atoms with Crippen LogP contribution in [0.1, 0.15) is 30.1 Å². The van der Waals surface area contributed by atoms with Crippen LogP contribution in [-0.4, -0.2) is 38.7 Å². The maximum absolute atomic E-state index is 13.0. The van der Waals surface area contributed by atoms with Gasteiger partial charge >= 0.3 is 0 Å². The fraction of sp³-hybridized carbons (Fsp3) is 0.208. The second kappa shape index (κ2) is 9.54. The molecule has 9 heteroatoms. The molecule has 1 aliphatic rings. The van der Waals surface area contributed by atoms with E-state index in [9.17, 15) is 9.59 Å². The maximum Gasteiger partial charge on any atom is 0.227 e. The molecule has 33 heavy (non-hydrogen) atoms. The monoisotopic (exact) mass is 492 g/mol. The highest BCUT2D eigenvalue weighted by atomic mass is 32.2. The fourth-order valence-electron chi connectivity index (χ4n) is 3.70. The normalized spacial score (nSPS) is 14.6. The van der Waals surface area contributed by atoms with E-state index >= 15 is 0 Å². The Bertz CT molecular complexity index is 1270. The highest BCUT2D eigenvalue weighted by Gasteiger charge is 2.23. The number of nitrogens with zero attached hydrogens (tertiary/aromatic N) is 4. The van der Waals surface area contributed by atoms with Crippen molar-refractivity contribution in [2.24, 2.45) is 0 Å². The van der Waals surface area contributed by atoms with Gasteiger partial charge in [-0.05, 0) is 60.5 Å². The third kappa shape index (κ3) is 4.62. The maximum atomic E-state index is 13.0. The minimum atomic E-state index is -0.380. The van der Waals surface area contributed by atoms with Crippen LogP contribution in [0.5, 0.6) is 0 Å². The molecule has 0 spiro atoms. The van der Waals surface area contributed by atoms with Crippen LogP contribution in [-0.2, 0) is 4.79 Å². The van der Waals surface area contributed by atoms with Crippen LogP contribution in [0, 0.1) is 0 Å². The van der Waals surface area contributed by atoms with Gasteiger partial charge in [-0.15, -0.1) is 32.9 Å². The Hall–Kier alpha value is -2.88. The summed E-state index contributed by atoms with van der Waals surface area (Å²) in [7, 11) is 0. The molecular weight excluding hydrogens is 472 g/mol. The molecule has 1 saturated heterocycles. The molecule has 1 fully saturated rings. The van der Waals surface area contributed by atoms with Gasteiger partial charge in [0.25, 0.3) is 0 Å². The Kier molecular flexibility index (Phi) is 6.34. The number of rotatable bonds is 7. The molecular formula is C24H20N4O2S3. The number of hydrogen-bond donors (Lipinski definition) is 0. The number of aromatic nitrogens is 3. The lowest BCUT2D eigenvalue weighted by atomic mass is 10.1. The van der Waals surface area contributed by atoms with Crippen LogP contribution in [0.3, 0.4) is 0 Å². The largest absolute Gasteiger partial charge is 0.312 e. The van der Waals surface area contributed by atoms with E-state index in [0.717, 1.165) is 39.8 Å². The Morgan fingerprint density at radius 3 is 2.30 bits per heavy atom. The number of anilines is 1. The number of thioether (sulfide) groups is 1. The molecule has 6 nitrogen and oxygen atoms in total. The molecule has 1 aromatic carbocycles. The van der Waals surface area contributed by atoms with Gasteiger partial charge in [0.05, 0.1) is 15.0 Å². The van der Waals surface area contributed by atoms with E-state index in [4.69, 9.17) is 4.98 Å². The Morgan fingerprint density at radius 2 is 1.70 bits per heavy atom. The Morgan fingerprint density at radius 1 is 1.00 bits per heavy atom. The average molecular weight is 493 g/mol. The summed E-state index contributed by atoms with van der Waals surface area (Å²) in [6.45, 7) is 2.59. The van der Waals surface area contributed by atoms with Crippen LogP contribution in [0.25, 0.3) is 21.1 Å². The van der Waals surface area contributed by atoms with Crippen molar-refractivity contribution >= 4 is 51.8 Å². The third-order valence-corrected chi connectivity index (χ3v) is 8.07. The first kappa shape index (κ1) is 21.9. The lowest BCUT2D eigenvalue weighted by Gasteiger charge is -2.16. The van der Waals surface area contributed by atoms with E-state index in [1.165, 1.54) is 11.8 Å². The zero-order valence-corrected chi connectivity index (χ0v) is 20.3. The van der Waals surface area contributed by atoms with Crippen molar-refractivity contribution in [1.82, 2.24) is 15.2 Å². The van der Waals surface area contributed by atoms with Crippen molar-refractivity contribution in [3.05, 3.63) is 64.9 Å². The standard InChI is InChI=1S/C24H20N4O2S3/c1-15(23(30)16-8-10-17(11-9-16)28-12-2-7-20(28)29)33-24-25-21(18-5-3-13-31-18)22(26-27-24)19-6-4-14-32-19/h3-6,8-11,13-15H,2,7,12H2,1H3/t15-/m1/s1. The van der Waals surface area contributed by atoms with E-state index in [-0.39, 0.29) is 16.9 Å². The fourth-order valence-corrected chi connectivity index (χ4v) is 5.91. The van der Waals surface area contributed by atoms with Crippen LogP contribution in [0.15, 0.2) is 64.4 Å². The van der Waals surface area contributed by atoms with Crippen LogP contribution < -0.4 is 4.90 Å². The average Bonchev–Trinajstić information content (AvgIpc) is 3.61. The highest BCUT2D eigenvalue weighted by molar-refractivity contribution is 8.00. The second-order valence-electron chi connectivity index (χ2n) is 7.57. The lowest BCUT2D eigenvalue weighted by molar-refractivity contribution is -0.117. The van der Waals surface area contributed by atoms with Gasteiger partial charge in [-0.2, -0.15) is 0 Å². The van der Waals surface area contributed by atoms with Crippen LogP contribution >= 0.6 is 34.4 Å². The molecule has 166 valence electrons. The third-order valence-electron chi connectivity index (χ3n) is 5.36. The molecule has 0 unspecified atom stereocenters. The summed E-state index contributed by atoms with van der Waals surface area (Å²) in [6.07, 6.45) is 1.46. The van der Waals surface area contributed by atoms with Crippen molar-refractivity contribution in [2.45, 2.75) is 30.2 Å². The first-order valence-corrected chi connectivity index (χ1v) is 13.2. The quantitative estimate of drug-likeness (QED) is 0.239. The van der Waals surface area contributed by atoms with Crippen LogP contribution in [0.2, 0.25) is 0 Å². The molecule has 5 rings (SSSR count). The van der Waals surface area contributed by atoms with Gasteiger partial charge in [0.2, 0.25) is 11.1 Å². The van der Waals surface area contributed by atoms with Crippen molar-refractivity contribution in [1.29, 1.82) is 0 Å². The SMILES string of the molecule is C[C@@H](Sc1nnc(-c2cccs2)c(-c2cccs2)n1)C(=O)c1ccc(N2CCCC2=O)cc1. The summed E-state index contributed by atoms with van der Waals surface area (Å²) in [4.78, 5) is 33.6.